The van der Waals surface area contributed by atoms with Crippen LogP contribution < -0.4 is 14.8 Å². The number of ether oxygens (including phenoxy) is 3. The van der Waals surface area contributed by atoms with E-state index in [9.17, 15) is 4.79 Å². The molecular weight excluding hydrogens is 426 g/mol. The Morgan fingerprint density at radius 2 is 1.90 bits per heavy atom. The summed E-state index contributed by atoms with van der Waals surface area (Å²) in [6.07, 6.45) is 3.10. The highest BCUT2D eigenvalue weighted by atomic mass is 35.5. The molecule has 0 atom stereocenters. The molecule has 0 saturated heterocycles. The van der Waals surface area contributed by atoms with Crippen molar-refractivity contribution in [3.63, 3.8) is 0 Å². The highest BCUT2D eigenvalue weighted by molar-refractivity contribution is 7.15. The topological polar surface area (TPSA) is 82.6 Å². The molecule has 0 unspecified atom stereocenters. The average molecular weight is 446 g/mol. The van der Waals surface area contributed by atoms with Crippen LogP contribution in [0.2, 0.25) is 5.02 Å². The third-order valence-corrected chi connectivity index (χ3v) is 4.95. The maximum absolute atomic E-state index is 12.1. The number of carbonyl (C=O) groups excluding carboxylic acids is 1. The summed E-state index contributed by atoms with van der Waals surface area (Å²) in [5, 5.41) is 12.3. The highest BCUT2D eigenvalue weighted by Gasteiger charge is 2.08. The lowest BCUT2D eigenvalue weighted by Crippen LogP contribution is -2.07. The average Bonchev–Trinajstić information content (AvgIpc) is 3.19. The van der Waals surface area contributed by atoms with Gasteiger partial charge in [-0.2, -0.15) is 0 Å². The van der Waals surface area contributed by atoms with Crippen LogP contribution in [0.5, 0.6) is 11.5 Å². The molecule has 1 heterocycles. The summed E-state index contributed by atoms with van der Waals surface area (Å²) in [5.41, 5.74) is 1.78. The van der Waals surface area contributed by atoms with Gasteiger partial charge in [0.25, 0.3) is 0 Å². The number of anilines is 1. The van der Waals surface area contributed by atoms with Gasteiger partial charge in [0, 0.05) is 18.2 Å². The first-order chi connectivity index (χ1) is 14.6. The van der Waals surface area contributed by atoms with Crippen molar-refractivity contribution in [2.24, 2.45) is 0 Å². The highest BCUT2D eigenvalue weighted by Crippen LogP contribution is 2.29. The third kappa shape index (κ3) is 6.28. The summed E-state index contributed by atoms with van der Waals surface area (Å²) in [4.78, 5) is 12.1. The van der Waals surface area contributed by atoms with Crippen LogP contribution in [0.1, 0.15) is 16.1 Å². The number of methoxy groups -OCH3 is 2. The van der Waals surface area contributed by atoms with E-state index in [2.05, 4.69) is 15.5 Å². The van der Waals surface area contributed by atoms with Crippen LogP contribution in [0.15, 0.2) is 48.5 Å². The standard InChI is InChI=1S/C21H20ClN3O4S/c1-27-13-20-24-25-21(30-20)23-19(26)10-6-14-5-9-17(18(11-14)28-2)29-12-15-3-7-16(22)8-4-15/h3-11H,12-13H2,1-2H3,(H,23,25,26). The third-order valence-electron chi connectivity index (χ3n) is 3.89. The molecule has 0 spiro atoms. The summed E-state index contributed by atoms with van der Waals surface area (Å²) in [5.74, 6) is 0.866. The molecule has 9 heteroatoms. The molecule has 0 saturated carbocycles. The van der Waals surface area contributed by atoms with Crippen molar-refractivity contribution in [2.75, 3.05) is 19.5 Å². The quantitative estimate of drug-likeness (QED) is 0.485. The van der Waals surface area contributed by atoms with Crippen molar-refractivity contribution in [2.45, 2.75) is 13.2 Å². The summed E-state index contributed by atoms with van der Waals surface area (Å²) in [7, 11) is 3.14. The fraction of sp³-hybridized carbons (Fsp3) is 0.190. The summed E-state index contributed by atoms with van der Waals surface area (Å²) >= 11 is 7.16. The number of nitrogens with zero attached hydrogens (tertiary/aromatic N) is 2. The van der Waals surface area contributed by atoms with E-state index < -0.39 is 0 Å². The number of benzene rings is 2. The molecule has 3 aromatic rings. The molecule has 1 N–H and O–H groups in total. The Hall–Kier alpha value is -2.94. The minimum Gasteiger partial charge on any atom is -0.493 e. The molecule has 0 aliphatic heterocycles. The van der Waals surface area contributed by atoms with Crippen LogP contribution in [0.3, 0.4) is 0 Å². The second kappa shape index (κ2) is 10.7. The Labute approximate surface area is 183 Å². The van der Waals surface area contributed by atoms with Crippen LogP contribution in [0.25, 0.3) is 6.08 Å². The van der Waals surface area contributed by atoms with Gasteiger partial charge in [0.1, 0.15) is 18.2 Å². The fourth-order valence-corrected chi connectivity index (χ4v) is 3.29. The molecule has 156 valence electrons. The van der Waals surface area contributed by atoms with Crippen LogP contribution in [0.4, 0.5) is 5.13 Å². The molecule has 0 bridgehead atoms. The molecule has 1 aromatic heterocycles. The van der Waals surface area contributed by atoms with Crippen LogP contribution in [0, 0.1) is 0 Å². The van der Waals surface area contributed by atoms with Gasteiger partial charge in [0.2, 0.25) is 11.0 Å². The van der Waals surface area contributed by atoms with Crippen LogP contribution >= 0.6 is 22.9 Å². The van der Waals surface area contributed by atoms with Crippen LogP contribution in [-0.2, 0) is 22.7 Å². The number of carbonyl (C=O) groups is 1. The first-order valence-electron chi connectivity index (χ1n) is 8.93. The Morgan fingerprint density at radius 3 is 2.63 bits per heavy atom. The minimum absolute atomic E-state index is 0.308. The summed E-state index contributed by atoms with van der Waals surface area (Å²) < 4.78 is 16.2. The smallest absolute Gasteiger partial charge is 0.250 e. The number of halogens is 1. The lowest BCUT2D eigenvalue weighted by atomic mass is 10.2. The van der Waals surface area contributed by atoms with Crippen molar-refractivity contribution >= 4 is 40.1 Å². The molecule has 7 nitrogen and oxygen atoms in total. The van der Waals surface area contributed by atoms with Gasteiger partial charge in [0.05, 0.1) is 7.11 Å². The van der Waals surface area contributed by atoms with Gasteiger partial charge >= 0.3 is 0 Å². The predicted molar refractivity (Wildman–Crippen MR) is 117 cm³/mol. The number of amides is 1. The molecular formula is C21H20ClN3O4S. The largest absolute Gasteiger partial charge is 0.493 e. The zero-order valence-corrected chi connectivity index (χ0v) is 18.0. The Balaban J connectivity index is 1.60. The predicted octanol–water partition coefficient (Wildman–Crippen LogP) is 4.58. The molecule has 30 heavy (non-hydrogen) atoms. The van der Waals surface area contributed by atoms with Gasteiger partial charge in [0.15, 0.2) is 11.5 Å². The Kier molecular flexibility index (Phi) is 7.78. The first-order valence-corrected chi connectivity index (χ1v) is 10.1. The summed E-state index contributed by atoms with van der Waals surface area (Å²) in [6, 6.07) is 12.9. The van der Waals surface area contributed by atoms with E-state index >= 15 is 0 Å². The molecule has 0 fully saturated rings. The number of hydrogen-bond donors (Lipinski definition) is 1. The molecule has 0 aliphatic rings. The van der Waals surface area contributed by atoms with Gasteiger partial charge in [-0.25, -0.2) is 0 Å². The Bertz CT molecular complexity index is 1020. The zero-order valence-electron chi connectivity index (χ0n) is 16.4. The van der Waals surface area contributed by atoms with E-state index in [1.165, 1.54) is 17.4 Å². The Morgan fingerprint density at radius 1 is 1.10 bits per heavy atom. The maximum atomic E-state index is 12.1. The van der Waals surface area contributed by atoms with Crippen molar-refractivity contribution < 1.29 is 19.0 Å². The number of rotatable bonds is 9. The molecule has 3 rings (SSSR count). The number of hydrogen-bond acceptors (Lipinski definition) is 7. The van der Waals surface area contributed by atoms with Gasteiger partial charge < -0.3 is 14.2 Å². The van der Waals surface area contributed by atoms with Gasteiger partial charge in [-0.1, -0.05) is 41.1 Å². The maximum Gasteiger partial charge on any atom is 0.250 e. The number of nitrogens with one attached hydrogen (secondary N) is 1. The van der Waals surface area contributed by atoms with E-state index in [0.717, 1.165) is 11.1 Å². The van der Waals surface area contributed by atoms with Crippen LogP contribution in [-0.4, -0.2) is 30.3 Å². The first kappa shape index (κ1) is 21.8. The molecule has 0 radical (unpaired) electrons. The van der Waals surface area contributed by atoms with Gasteiger partial charge in [-0.3, -0.25) is 10.1 Å². The van der Waals surface area contributed by atoms with E-state index in [1.54, 1.807) is 32.4 Å². The second-order valence-electron chi connectivity index (χ2n) is 6.08. The van der Waals surface area contributed by atoms with Crippen molar-refractivity contribution in [3.05, 3.63) is 69.7 Å². The van der Waals surface area contributed by atoms with E-state index in [-0.39, 0.29) is 5.91 Å². The van der Waals surface area contributed by atoms with Crippen molar-refractivity contribution in [1.82, 2.24) is 10.2 Å². The minimum atomic E-state index is -0.308. The normalized spacial score (nSPS) is 10.9. The molecule has 1 amide bonds. The molecule has 2 aromatic carbocycles. The lowest BCUT2D eigenvalue weighted by Gasteiger charge is -2.11. The zero-order chi connectivity index (χ0) is 21.3. The monoisotopic (exact) mass is 445 g/mol. The van der Waals surface area contributed by atoms with E-state index in [1.807, 2.05) is 30.3 Å². The van der Waals surface area contributed by atoms with Crippen molar-refractivity contribution in [1.29, 1.82) is 0 Å². The van der Waals surface area contributed by atoms with Gasteiger partial charge in [-0.15, -0.1) is 10.2 Å². The SMILES string of the molecule is COCc1nnc(NC(=O)C=Cc2ccc(OCc3ccc(Cl)cc3)c(OC)c2)s1. The van der Waals surface area contributed by atoms with Crippen molar-refractivity contribution in [3.8, 4) is 11.5 Å². The fourth-order valence-electron chi connectivity index (χ4n) is 2.45. The summed E-state index contributed by atoms with van der Waals surface area (Å²) in [6.45, 7) is 0.744. The molecule has 0 aliphatic carbocycles. The lowest BCUT2D eigenvalue weighted by molar-refractivity contribution is -0.111. The van der Waals surface area contributed by atoms with E-state index in [4.69, 9.17) is 25.8 Å². The number of aromatic nitrogens is 2. The van der Waals surface area contributed by atoms with Gasteiger partial charge in [-0.05, 0) is 41.5 Å². The van der Waals surface area contributed by atoms with E-state index in [0.29, 0.717) is 39.9 Å². The second-order valence-corrected chi connectivity index (χ2v) is 7.58.